The van der Waals surface area contributed by atoms with E-state index in [1.54, 1.807) is 0 Å². The van der Waals surface area contributed by atoms with Crippen molar-refractivity contribution in [2.75, 3.05) is 13.1 Å². The average Bonchev–Trinajstić information content (AvgIpc) is 2.87. The lowest BCUT2D eigenvalue weighted by Gasteiger charge is -2.10. The summed E-state index contributed by atoms with van der Waals surface area (Å²) in [4.78, 5) is 11.6. The maximum atomic E-state index is 11.6. The number of nitrogens with zero attached hydrogens (tertiary/aromatic N) is 1. The molecule has 1 aliphatic heterocycles. The number of halogens is 1. The number of H-pyrrole nitrogens is 1. The fourth-order valence-electron chi connectivity index (χ4n) is 1.96. The van der Waals surface area contributed by atoms with E-state index >= 15 is 0 Å². The molecular formula is C11H19ClN4O. The highest BCUT2D eigenvalue weighted by Crippen LogP contribution is 2.03. The molecule has 1 atom stereocenters. The van der Waals surface area contributed by atoms with Crippen LogP contribution in [0.2, 0.25) is 0 Å². The van der Waals surface area contributed by atoms with Crippen molar-refractivity contribution in [3.05, 3.63) is 17.5 Å². The molecule has 1 unspecified atom stereocenters. The van der Waals surface area contributed by atoms with Crippen molar-refractivity contribution in [2.45, 2.75) is 32.2 Å². The first-order chi connectivity index (χ1) is 7.74. The minimum absolute atomic E-state index is 0. The molecule has 2 heterocycles. The molecule has 1 amide bonds. The third kappa shape index (κ3) is 4.36. The van der Waals surface area contributed by atoms with Gasteiger partial charge in [0.25, 0.3) is 0 Å². The van der Waals surface area contributed by atoms with Crippen LogP contribution in [-0.4, -0.2) is 35.2 Å². The second kappa shape index (κ2) is 6.61. The van der Waals surface area contributed by atoms with Crippen LogP contribution in [0.4, 0.5) is 0 Å². The van der Waals surface area contributed by atoms with Crippen LogP contribution in [0, 0.1) is 6.92 Å². The van der Waals surface area contributed by atoms with Crippen LogP contribution in [0.1, 0.15) is 24.2 Å². The van der Waals surface area contributed by atoms with Crippen LogP contribution in [0.15, 0.2) is 6.07 Å². The fraction of sp³-hybridized carbons (Fsp3) is 0.636. The molecule has 0 spiro atoms. The lowest BCUT2D eigenvalue weighted by atomic mass is 10.2. The smallest absolute Gasteiger partial charge is 0.226 e. The molecule has 1 saturated heterocycles. The summed E-state index contributed by atoms with van der Waals surface area (Å²) in [5.74, 6) is 0.0419. The first-order valence-electron chi connectivity index (χ1n) is 5.75. The fourth-order valence-corrected chi connectivity index (χ4v) is 1.96. The summed E-state index contributed by atoms with van der Waals surface area (Å²) < 4.78 is 0. The Morgan fingerprint density at radius 1 is 1.65 bits per heavy atom. The van der Waals surface area contributed by atoms with Crippen molar-refractivity contribution in [3.63, 3.8) is 0 Å². The minimum Gasteiger partial charge on any atom is -0.354 e. The number of aromatic nitrogens is 2. The largest absolute Gasteiger partial charge is 0.354 e. The van der Waals surface area contributed by atoms with E-state index in [0.29, 0.717) is 12.5 Å². The standard InChI is InChI=1S/C11H18N4O.ClH/c1-8-5-10(15-14-8)6-11(16)13-7-9-3-2-4-12-9;/h5,9,12H,2-4,6-7H2,1H3,(H,13,16)(H,14,15);1H. The minimum atomic E-state index is 0. The molecule has 5 nitrogen and oxygen atoms in total. The van der Waals surface area contributed by atoms with E-state index in [2.05, 4.69) is 20.8 Å². The van der Waals surface area contributed by atoms with Crippen LogP contribution in [-0.2, 0) is 11.2 Å². The van der Waals surface area contributed by atoms with Crippen LogP contribution < -0.4 is 10.6 Å². The molecule has 0 radical (unpaired) electrons. The van der Waals surface area contributed by atoms with Crippen LogP contribution in [0.25, 0.3) is 0 Å². The first-order valence-corrected chi connectivity index (χ1v) is 5.75. The Hall–Kier alpha value is -1.07. The number of rotatable bonds is 4. The Bertz CT molecular complexity index is 360. The summed E-state index contributed by atoms with van der Waals surface area (Å²) in [7, 11) is 0. The van der Waals surface area contributed by atoms with Gasteiger partial charge in [-0.2, -0.15) is 5.10 Å². The van der Waals surface area contributed by atoms with Gasteiger partial charge in [0.2, 0.25) is 5.91 Å². The van der Waals surface area contributed by atoms with E-state index in [0.717, 1.165) is 30.9 Å². The highest BCUT2D eigenvalue weighted by molar-refractivity contribution is 5.85. The number of carbonyl (C=O) groups excluding carboxylic acids is 1. The molecule has 1 aromatic rings. The molecule has 0 aliphatic carbocycles. The second-order valence-electron chi connectivity index (χ2n) is 4.32. The number of nitrogens with one attached hydrogen (secondary N) is 3. The van der Waals surface area contributed by atoms with Gasteiger partial charge in [-0.05, 0) is 32.4 Å². The highest BCUT2D eigenvalue weighted by Gasteiger charge is 2.14. The zero-order chi connectivity index (χ0) is 11.4. The van der Waals surface area contributed by atoms with Crippen molar-refractivity contribution in [3.8, 4) is 0 Å². The Balaban J connectivity index is 0.00000144. The molecule has 1 aliphatic rings. The van der Waals surface area contributed by atoms with Crippen LogP contribution >= 0.6 is 12.4 Å². The number of amides is 1. The van der Waals surface area contributed by atoms with E-state index in [9.17, 15) is 4.79 Å². The van der Waals surface area contributed by atoms with Crippen LogP contribution in [0.5, 0.6) is 0 Å². The number of aromatic amines is 1. The zero-order valence-corrected chi connectivity index (χ0v) is 10.8. The van der Waals surface area contributed by atoms with Crippen molar-refractivity contribution >= 4 is 18.3 Å². The third-order valence-corrected chi connectivity index (χ3v) is 2.81. The summed E-state index contributed by atoms with van der Waals surface area (Å²) in [5, 5.41) is 13.1. The van der Waals surface area contributed by atoms with Gasteiger partial charge in [-0.25, -0.2) is 0 Å². The number of carbonyl (C=O) groups is 1. The lowest BCUT2D eigenvalue weighted by molar-refractivity contribution is -0.120. The first kappa shape index (κ1) is 14.0. The Morgan fingerprint density at radius 3 is 3.06 bits per heavy atom. The van der Waals surface area contributed by atoms with Crippen LogP contribution in [0.3, 0.4) is 0 Å². The predicted octanol–water partition coefficient (Wildman–Crippen LogP) is 0.551. The van der Waals surface area contributed by atoms with Crippen molar-refractivity contribution < 1.29 is 4.79 Å². The topological polar surface area (TPSA) is 69.8 Å². The summed E-state index contributed by atoms with van der Waals surface area (Å²) >= 11 is 0. The highest BCUT2D eigenvalue weighted by atomic mass is 35.5. The Labute approximate surface area is 107 Å². The molecule has 2 rings (SSSR count). The van der Waals surface area contributed by atoms with Gasteiger partial charge in [0.1, 0.15) is 0 Å². The maximum absolute atomic E-state index is 11.6. The van der Waals surface area contributed by atoms with E-state index in [-0.39, 0.29) is 18.3 Å². The summed E-state index contributed by atoms with van der Waals surface area (Å²) in [6, 6.07) is 2.35. The van der Waals surface area contributed by atoms with Gasteiger partial charge >= 0.3 is 0 Å². The molecule has 17 heavy (non-hydrogen) atoms. The predicted molar refractivity (Wildman–Crippen MR) is 68.3 cm³/mol. The normalized spacial score (nSPS) is 18.8. The van der Waals surface area contributed by atoms with Gasteiger partial charge in [0.15, 0.2) is 0 Å². The quantitative estimate of drug-likeness (QED) is 0.739. The Morgan fingerprint density at radius 2 is 2.47 bits per heavy atom. The summed E-state index contributed by atoms with van der Waals surface area (Å²) in [5.41, 5.74) is 1.79. The lowest BCUT2D eigenvalue weighted by Crippen LogP contribution is -2.37. The number of hydrogen-bond acceptors (Lipinski definition) is 3. The zero-order valence-electron chi connectivity index (χ0n) is 9.95. The van der Waals surface area contributed by atoms with E-state index in [1.165, 1.54) is 6.42 Å². The van der Waals surface area contributed by atoms with Gasteiger partial charge in [-0.3, -0.25) is 9.89 Å². The number of hydrogen-bond donors (Lipinski definition) is 3. The molecule has 0 bridgehead atoms. The molecule has 3 N–H and O–H groups in total. The SMILES string of the molecule is Cc1cc(CC(=O)NCC2CCCN2)n[nH]1.Cl. The van der Waals surface area contributed by atoms with Gasteiger partial charge in [0.05, 0.1) is 12.1 Å². The molecule has 1 aromatic heterocycles. The maximum Gasteiger partial charge on any atom is 0.226 e. The molecule has 0 aromatic carbocycles. The molecular weight excluding hydrogens is 240 g/mol. The van der Waals surface area contributed by atoms with Crippen molar-refractivity contribution in [1.29, 1.82) is 0 Å². The van der Waals surface area contributed by atoms with Gasteiger partial charge in [-0.1, -0.05) is 0 Å². The number of aryl methyl sites for hydroxylation is 1. The summed E-state index contributed by atoms with van der Waals surface area (Å²) in [6.07, 6.45) is 2.72. The molecule has 1 fully saturated rings. The molecule has 0 saturated carbocycles. The van der Waals surface area contributed by atoms with Gasteiger partial charge in [-0.15, -0.1) is 12.4 Å². The van der Waals surface area contributed by atoms with E-state index in [4.69, 9.17) is 0 Å². The van der Waals surface area contributed by atoms with Gasteiger partial charge < -0.3 is 10.6 Å². The van der Waals surface area contributed by atoms with Crippen molar-refractivity contribution in [2.24, 2.45) is 0 Å². The van der Waals surface area contributed by atoms with E-state index < -0.39 is 0 Å². The molecule has 96 valence electrons. The third-order valence-electron chi connectivity index (χ3n) is 2.81. The molecule has 6 heteroatoms. The Kier molecular flexibility index (Phi) is 5.44. The van der Waals surface area contributed by atoms with Gasteiger partial charge in [0, 0.05) is 18.3 Å². The van der Waals surface area contributed by atoms with Crippen molar-refractivity contribution in [1.82, 2.24) is 20.8 Å². The van der Waals surface area contributed by atoms with E-state index in [1.807, 2.05) is 13.0 Å². The second-order valence-corrected chi connectivity index (χ2v) is 4.32. The average molecular weight is 259 g/mol. The monoisotopic (exact) mass is 258 g/mol. The summed E-state index contributed by atoms with van der Waals surface area (Å²) in [6.45, 7) is 3.72.